The van der Waals surface area contributed by atoms with E-state index in [0.29, 0.717) is 25.3 Å². The molecule has 1 aromatic heterocycles. The van der Waals surface area contributed by atoms with E-state index in [-0.39, 0.29) is 11.6 Å². The number of nitrogens with zero attached hydrogens (tertiary/aromatic N) is 2. The van der Waals surface area contributed by atoms with Crippen LogP contribution >= 0.6 is 0 Å². The molecule has 0 unspecified atom stereocenters. The Labute approximate surface area is 111 Å². The van der Waals surface area contributed by atoms with E-state index in [2.05, 4.69) is 5.32 Å². The number of nitro groups is 1. The maximum absolute atomic E-state index is 11.9. The average molecular weight is 266 g/mol. The maximum atomic E-state index is 11.9. The molecular formula is C12H18N4O3. The van der Waals surface area contributed by atoms with Crippen molar-refractivity contribution in [3.8, 4) is 0 Å². The van der Waals surface area contributed by atoms with Crippen LogP contribution in [0.25, 0.3) is 0 Å². The minimum atomic E-state index is -0.503. The number of nitrogens with two attached hydrogens (primary N) is 1. The monoisotopic (exact) mass is 266 g/mol. The van der Waals surface area contributed by atoms with Crippen molar-refractivity contribution in [1.82, 2.24) is 9.88 Å². The quantitative estimate of drug-likeness (QED) is 0.437. The van der Waals surface area contributed by atoms with Crippen LogP contribution in [-0.2, 0) is 6.54 Å². The van der Waals surface area contributed by atoms with E-state index in [0.717, 1.165) is 6.42 Å². The van der Waals surface area contributed by atoms with Gasteiger partial charge in [-0.15, -0.1) is 0 Å². The lowest BCUT2D eigenvalue weighted by Crippen LogP contribution is -2.26. The van der Waals surface area contributed by atoms with E-state index in [4.69, 9.17) is 5.73 Å². The van der Waals surface area contributed by atoms with Crippen LogP contribution in [0.1, 0.15) is 23.8 Å². The number of amides is 1. The Morgan fingerprint density at radius 1 is 1.58 bits per heavy atom. The molecule has 0 fully saturated rings. The normalized spacial score (nSPS) is 10.8. The maximum Gasteiger partial charge on any atom is 0.287 e. The summed E-state index contributed by atoms with van der Waals surface area (Å²) in [6.45, 7) is 3.27. The Morgan fingerprint density at radius 2 is 2.32 bits per heavy atom. The molecule has 0 aromatic carbocycles. The summed E-state index contributed by atoms with van der Waals surface area (Å²) in [5.41, 5.74) is 5.51. The SMILES string of the molecule is CCCn1cc([N+](=O)[O-])cc1C(=O)NC/C=C/CN. The van der Waals surface area contributed by atoms with Crippen LogP contribution < -0.4 is 11.1 Å². The first-order chi connectivity index (χ1) is 9.10. The predicted molar refractivity (Wildman–Crippen MR) is 71.9 cm³/mol. The van der Waals surface area contributed by atoms with E-state index in [1.807, 2.05) is 6.92 Å². The van der Waals surface area contributed by atoms with Crippen molar-refractivity contribution in [3.05, 3.63) is 40.2 Å². The number of hydrogen-bond acceptors (Lipinski definition) is 4. The highest BCUT2D eigenvalue weighted by molar-refractivity contribution is 5.93. The van der Waals surface area contributed by atoms with Crippen molar-refractivity contribution in [3.63, 3.8) is 0 Å². The molecule has 0 bridgehead atoms. The smallest absolute Gasteiger partial charge is 0.287 e. The van der Waals surface area contributed by atoms with E-state index in [1.54, 1.807) is 16.7 Å². The molecule has 104 valence electrons. The zero-order chi connectivity index (χ0) is 14.3. The lowest BCUT2D eigenvalue weighted by Gasteiger charge is -2.06. The summed E-state index contributed by atoms with van der Waals surface area (Å²) in [6, 6.07) is 1.29. The van der Waals surface area contributed by atoms with Crippen LogP contribution in [0.2, 0.25) is 0 Å². The summed E-state index contributed by atoms with van der Waals surface area (Å²) >= 11 is 0. The van der Waals surface area contributed by atoms with Gasteiger partial charge in [0.1, 0.15) is 5.69 Å². The van der Waals surface area contributed by atoms with Crippen molar-refractivity contribution in [2.24, 2.45) is 5.73 Å². The van der Waals surface area contributed by atoms with E-state index >= 15 is 0 Å². The average Bonchev–Trinajstić information content (AvgIpc) is 2.79. The molecule has 1 amide bonds. The number of hydrogen-bond donors (Lipinski definition) is 2. The Bertz CT molecular complexity index is 479. The number of carbonyl (C=O) groups is 1. The summed E-state index contributed by atoms with van der Waals surface area (Å²) in [5.74, 6) is -0.330. The molecule has 0 aliphatic heterocycles. The van der Waals surface area contributed by atoms with Gasteiger partial charge in [-0.3, -0.25) is 14.9 Å². The van der Waals surface area contributed by atoms with Gasteiger partial charge < -0.3 is 15.6 Å². The zero-order valence-electron chi connectivity index (χ0n) is 10.8. The summed E-state index contributed by atoms with van der Waals surface area (Å²) in [5, 5.41) is 13.4. The molecule has 1 rings (SSSR count). The second kappa shape index (κ2) is 7.32. The van der Waals surface area contributed by atoms with Gasteiger partial charge in [-0.1, -0.05) is 19.1 Å². The highest BCUT2D eigenvalue weighted by Crippen LogP contribution is 2.16. The highest BCUT2D eigenvalue weighted by atomic mass is 16.6. The Balaban J connectivity index is 2.81. The summed E-state index contributed by atoms with van der Waals surface area (Å²) in [7, 11) is 0. The molecule has 0 aliphatic carbocycles. The number of rotatable bonds is 7. The third-order valence-electron chi connectivity index (χ3n) is 2.47. The van der Waals surface area contributed by atoms with Crippen molar-refractivity contribution < 1.29 is 9.72 Å². The van der Waals surface area contributed by atoms with Gasteiger partial charge in [0.15, 0.2) is 0 Å². The largest absolute Gasteiger partial charge is 0.347 e. The molecule has 0 aliphatic rings. The first-order valence-corrected chi connectivity index (χ1v) is 6.08. The Hall–Kier alpha value is -2.15. The van der Waals surface area contributed by atoms with Crippen LogP contribution in [0.15, 0.2) is 24.4 Å². The number of aryl methyl sites for hydroxylation is 1. The predicted octanol–water partition coefficient (Wildman–Crippen LogP) is 1.05. The summed E-state index contributed by atoms with van der Waals surface area (Å²) in [4.78, 5) is 22.1. The van der Waals surface area contributed by atoms with E-state index in [9.17, 15) is 14.9 Å². The second-order valence-corrected chi connectivity index (χ2v) is 3.95. The second-order valence-electron chi connectivity index (χ2n) is 3.95. The third kappa shape index (κ3) is 4.22. The molecular weight excluding hydrogens is 248 g/mol. The van der Waals surface area contributed by atoms with Crippen LogP contribution in [-0.4, -0.2) is 28.5 Å². The topological polar surface area (TPSA) is 103 Å². The molecule has 7 heteroatoms. The zero-order valence-corrected chi connectivity index (χ0v) is 10.8. The Kier molecular flexibility index (Phi) is 5.74. The minimum absolute atomic E-state index is 0.0731. The van der Waals surface area contributed by atoms with Gasteiger partial charge in [0, 0.05) is 25.7 Å². The number of aromatic nitrogens is 1. The summed E-state index contributed by atoms with van der Waals surface area (Å²) < 4.78 is 1.60. The fourth-order valence-corrected chi connectivity index (χ4v) is 1.63. The fourth-order valence-electron chi connectivity index (χ4n) is 1.63. The Morgan fingerprint density at radius 3 is 2.89 bits per heavy atom. The van der Waals surface area contributed by atoms with Crippen molar-refractivity contribution in [2.75, 3.05) is 13.1 Å². The van der Waals surface area contributed by atoms with Gasteiger partial charge in [-0.2, -0.15) is 0 Å². The third-order valence-corrected chi connectivity index (χ3v) is 2.47. The highest BCUT2D eigenvalue weighted by Gasteiger charge is 2.18. The van der Waals surface area contributed by atoms with Crippen molar-refractivity contribution >= 4 is 11.6 Å². The van der Waals surface area contributed by atoms with Gasteiger partial charge in [0.2, 0.25) is 0 Å². The van der Waals surface area contributed by atoms with Crippen LogP contribution in [0.3, 0.4) is 0 Å². The molecule has 19 heavy (non-hydrogen) atoms. The lowest BCUT2D eigenvalue weighted by molar-refractivity contribution is -0.384. The molecule has 7 nitrogen and oxygen atoms in total. The molecule has 0 saturated heterocycles. The minimum Gasteiger partial charge on any atom is -0.347 e. The molecule has 3 N–H and O–H groups in total. The van der Waals surface area contributed by atoms with Gasteiger partial charge in [-0.25, -0.2) is 0 Å². The number of nitrogens with one attached hydrogen (secondary N) is 1. The molecule has 0 spiro atoms. The lowest BCUT2D eigenvalue weighted by atomic mass is 10.3. The molecule has 0 atom stereocenters. The van der Waals surface area contributed by atoms with Crippen LogP contribution in [0.5, 0.6) is 0 Å². The van der Waals surface area contributed by atoms with Gasteiger partial charge >= 0.3 is 0 Å². The number of carbonyl (C=O) groups excluding carboxylic acids is 1. The molecule has 1 heterocycles. The van der Waals surface area contributed by atoms with Crippen molar-refractivity contribution in [1.29, 1.82) is 0 Å². The molecule has 0 saturated carbocycles. The molecule has 0 radical (unpaired) electrons. The van der Waals surface area contributed by atoms with Crippen LogP contribution in [0, 0.1) is 10.1 Å². The van der Waals surface area contributed by atoms with E-state index < -0.39 is 4.92 Å². The summed E-state index contributed by atoms with van der Waals surface area (Å²) in [6.07, 6.45) is 5.64. The fraction of sp³-hybridized carbons (Fsp3) is 0.417. The van der Waals surface area contributed by atoms with Crippen molar-refractivity contribution in [2.45, 2.75) is 19.9 Å². The van der Waals surface area contributed by atoms with Gasteiger partial charge in [-0.05, 0) is 6.42 Å². The van der Waals surface area contributed by atoms with Gasteiger partial charge in [0.25, 0.3) is 11.6 Å². The standard InChI is InChI=1S/C12H18N4O3/c1-2-7-15-9-10(16(18)19)8-11(15)12(17)14-6-4-3-5-13/h3-4,8-9H,2,5-7,13H2,1H3,(H,14,17)/b4-3+. The first-order valence-electron chi connectivity index (χ1n) is 6.08. The first kappa shape index (κ1) is 14.9. The van der Waals surface area contributed by atoms with Crippen LogP contribution in [0.4, 0.5) is 5.69 Å². The van der Waals surface area contributed by atoms with Gasteiger partial charge in [0.05, 0.1) is 11.1 Å². The molecule has 1 aromatic rings. The van der Waals surface area contributed by atoms with E-state index in [1.165, 1.54) is 12.3 Å².